The maximum Gasteiger partial charge on any atom is 0.280 e. The summed E-state index contributed by atoms with van der Waals surface area (Å²) in [6.45, 7) is 6.06. The fraction of sp³-hybridized carbons (Fsp3) is 0.318. The second kappa shape index (κ2) is 10.5. The molecule has 11 nitrogen and oxygen atoms in total. The van der Waals surface area contributed by atoms with E-state index in [-0.39, 0.29) is 40.1 Å². The van der Waals surface area contributed by atoms with Crippen LogP contribution in [0.25, 0.3) is 6.08 Å². The van der Waals surface area contributed by atoms with Gasteiger partial charge in [-0.25, -0.2) is 8.42 Å². The summed E-state index contributed by atoms with van der Waals surface area (Å²) >= 11 is 0. The van der Waals surface area contributed by atoms with E-state index in [9.17, 15) is 23.3 Å². The molecule has 1 heterocycles. The standard InChI is InChI=1S/C22H25N3O8S/c1-4-24(5-2)34(29,30)16-8-9-19(31-6-3)17(12-16)23-22(26)10-7-15-11-20-21(33-14-32-20)13-18(15)25(27)28/h7-13H,4-6,14H2,1-3H3,(H,23,26)/b10-7+. The van der Waals surface area contributed by atoms with Gasteiger partial charge in [-0.1, -0.05) is 13.8 Å². The highest BCUT2D eigenvalue weighted by Gasteiger charge is 2.24. The molecule has 0 radical (unpaired) electrons. The van der Waals surface area contributed by atoms with Crippen molar-refractivity contribution in [3.8, 4) is 17.2 Å². The number of ether oxygens (including phenoxy) is 3. The maximum absolute atomic E-state index is 12.9. The summed E-state index contributed by atoms with van der Waals surface area (Å²) in [6, 6.07) is 6.86. The number of hydrogen-bond donors (Lipinski definition) is 1. The fourth-order valence-corrected chi connectivity index (χ4v) is 4.82. The van der Waals surface area contributed by atoms with Crippen molar-refractivity contribution >= 4 is 33.4 Å². The average Bonchev–Trinajstić information content (AvgIpc) is 3.26. The minimum absolute atomic E-state index is 0.00495. The van der Waals surface area contributed by atoms with Crippen LogP contribution in [0.15, 0.2) is 41.3 Å². The second-order valence-electron chi connectivity index (χ2n) is 7.02. The molecular formula is C22H25N3O8S. The van der Waals surface area contributed by atoms with Crippen LogP contribution in [0.1, 0.15) is 26.3 Å². The quantitative estimate of drug-likeness (QED) is 0.303. The summed E-state index contributed by atoms with van der Waals surface area (Å²) in [5.41, 5.74) is 0.0489. The third-order valence-electron chi connectivity index (χ3n) is 4.98. The number of amides is 1. The van der Waals surface area contributed by atoms with Crippen molar-refractivity contribution in [2.45, 2.75) is 25.7 Å². The smallest absolute Gasteiger partial charge is 0.280 e. The number of rotatable bonds is 10. The van der Waals surface area contributed by atoms with Crippen molar-refractivity contribution in [1.29, 1.82) is 0 Å². The summed E-state index contributed by atoms with van der Waals surface area (Å²) in [6.07, 6.45) is 2.37. The summed E-state index contributed by atoms with van der Waals surface area (Å²) in [5.74, 6) is 0.238. The lowest BCUT2D eigenvalue weighted by molar-refractivity contribution is -0.385. The van der Waals surface area contributed by atoms with Gasteiger partial charge in [-0.15, -0.1) is 0 Å². The van der Waals surface area contributed by atoms with Crippen LogP contribution in [0.5, 0.6) is 17.2 Å². The molecule has 0 aliphatic carbocycles. The van der Waals surface area contributed by atoms with Crippen LogP contribution in [0.2, 0.25) is 0 Å². The Morgan fingerprint density at radius 2 is 1.85 bits per heavy atom. The molecule has 0 saturated heterocycles. The monoisotopic (exact) mass is 491 g/mol. The Hall–Kier alpha value is -3.64. The zero-order chi connectivity index (χ0) is 24.9. The van der Waals surface area contributed by atoms with E-state index in [2.05, 4.69) is 5.32 Å². The number of carbonyl (C=O) groups is 1. The van der Waals surface area contributed by atoms with Gasteiger partial charge in [0.15, 0.2) is 11.5 Å². The van der Waals surface area contributed by atoms with Crippen LogP contribution >= 0.6 is 0 Å². The lowest BCUT2D eigenvalue weighted by Gasteiger charge is -2.19. The Kier molecular flexibility index (Phi) is 7.74. The molecule has 0 bridgehead atoms. The van der Waals surface area contributed by atoms with Crippen molar-refractivity contribution in [2.75, 3.05) is 31.8 Å². The third kappa shape index (κ3) is 5.29. The highest BCUT2D eigenvalue weighted by molar-refractivity contribution is 7.89. The molecule has 0 aromatic heterocycles. The first-order valence-electron chi connectivity index (χ1n) is 10.5. The van der Waals surface area contributed by atoms with E-state index in [1.807, 2.05) is 0 Å². The van der Waals surface area contributed by atoms with Gasteiger partial charge in [-0.05, 0) is 37.3 Å². The predicted octanol–water partition coefficient (Wildman–Crippen LogP) is 3.40. The van der Waals surface area contributed by atoms with Gasteiger partial charge in [0, 0.05) is 19.2 Å². The van der Waals surface area contributed by atoms with E-state index in [0.29, 0.717) is 25.4 Å². The average molecular weight is 492 g/mol. The zero-order valence-electron chi connectivity index (χ0n) is 18.9. The van der Waals surface area contributed by atoms with Gasteiger partial charge >= 0.3 is 0 Å². The van der Waals surface area contributed by atoms with E-state index >= 15 is 0 Å². The van der Waals surface area contributed by atoms with Gasteiger partial charge in [0.05, 0.1) is 33.7 Å². The SMILES string of the molecule is CCOc1ccc(S(=O)(=O)N(CC)CC)cc1NC(=O)/C=C/c1cc2c(cc1[N+](=O)[O-])OCO2. The summed E-state index contributed by atoms with van der Waals surface area (Å²) in [7, 11) is -3.76. The van der Waals surface area contributed by atoms with Gasteiger partial charge in [0.25, 0.3) is 5.69 Å². The van der Waals surface area contributed by atoms with Gasteiger partial charge in [0.2, 0.25) is 22.7 Å². The lowest BCUT2D eigenvalue weighted by Crippen LogP contribution is -2.30. The van der Waals surface area contributed by atoms with Crippen LogP contribution < -0.4 is 19.5 Å². The Morgan fingerprint density at radius 3 is 2.47 bits per heavy atom. The molecule has 1 N–H and O–H groups in total. The first-order chi connectivity index (χ1) is 16.2. The normalized spacial score (nSPS) is 12.8. The van der Waals surface area contributed by atoms with Crippen LogP contribution in [-0.2, 0) is 14.8 Å². The van der Waals surface area contributed by atoms with Crippen molar-refractivity contribution < 1.29 is 32.3 Å². The largest absolute Gasteiger partial charge is 0.492 e. The zero-order valence-corrected chi connectivity index (χ0v) is 19.8. The van der Waals surface area contributed by atoms with Crippen LogP contribution in [0, 0.1) is 10.1 Å². The fourth-order valence-electron chi connectivity index (χ4n) is 3.34. The van der Waals surface area contributed by atoms with E-state index in [4.69, 9.17) is 14.2 Å². The second-order valence-corrected chi connectivity index (χ2v) is 8.96. The first kappa shape index (κ1) is 25.0. The number of sulfonamides is 1. The molecule has 1 aliphatic heterocycles. The molecule has 0 unspecified atom stereocenters. The molecular weight excluding hydrogens is 466 g/mol. The maximum atomic E-state index is 12.9. The van der Waals surface area contributed by atoms with Crippen LogP contribution in [0.3, 0.4) is 0 Å². The number of nitrogens with zero attached hydrogens (tertiary/aromatic N) is 2. The molecule has 2 aromatic rings. The van der Waals surface area contributed by atoms with Crippen molar-refractivity contribution in [2.24, 2.45) is 0 Å². The number of hydrogen-bond acceptors (Lipinski definition) is 8. The third-order valence-corrected chi connectivity index (χ3v) is 7.03. The first-order valence-corrected chi connectivity index (χ1v) is 12.0. The number of nitro groups is 1. The number of nitrogens with one attached hydrogen (secondary N) is 1. The van der Waals surface area contributed by atoms with Gasteiger partial charge in [0.1, 0.15) is 5.75 Å². The number of nitro benzene ring substituents is 1. The van der Waals surface area contributed by atoms with Crippen molar-refractivity contribution in [1.82, 2.24) is 4.31 Å². The molecule has 182 valence electrons. The Bertz CT molecular complexity index is 1220. The Labute approximate surface area is 197 Å². The predicted molar refractivity (Wildman–Crippen MR) is 125 cm³/mol. The molecule has 2 aromatic carbocycles. The molecule has 34 heavy (non-hydrogen) atoms. The molecule has 1 aliphatic rings. The topological polar surface area (TPSA) is 137 Å². The van der Waals surface area contributed by atoms with E-state index in [0.717, 1.165) is 6.08 Å². The molecule has 12 heteroatoms. The number of anilines is 1. The van der Waals surface area contributed by atoms with E-state index in [1.54, 1.807) is 20.8 Å². The minimum atomic E-state index is -3.76. The molecule has 0 fully saturated rings. The van der Waals surface area contributed by atoms with Crippen LogP contribution in [0.4, 0.5) is 11.4 Å². The highest BCUT2D eigenvalue weighted by atomic mass is 32.2. The Balaban J connectivity index is 1.89. The molecule has 0 saturated carbocycles. The van der Waals surface area contributed by atoms with Gasteiger partial charge < -0.3 is 19.5 Å². The van der Waals surface area contributed by atoms with Gasteiger partial charge in [-0.2, -0.15) is 4.31 Å². The Morgan fingerprint density at radius 1 is 1.18 bits per heavy atom. The number of fused-ring (bicyclic) bond motifs is 1. The van der Waals surface area contributed by atoms with E-state index < -0.39 is 20.9 Å². The summed E-state index contributed by atoms with van der Waals surface area (Å²) in [5, 5.41) is 14.0. The number of carbonyl (C=O) groups excluding carboxylic acids is 1. The molecule has 1 amide bonds. The summed E-state index contributed by atoms with van der Waals surface area (Å²) < 4.78 is 43.0. The highest BCUT2D eigenvalue weighted by Crippen LogP contribution is 2.38. The minimum Gasteiger partial charge on any atom is -0.492 e. The summed E-state index contributed by atoms with van der Waals surface area (Å²) in [4.78, 5) is 23.4. The van der Waals surface area contributed by atoms with Crippen LogP contribution in [-0.4, -0.2) is 50.0 Å². The number of benzene rings is 2. The molecule has 0 spiro atoms. The van der Waals surface area contributed by atoms with E-state index in [1.165, 1.54) is 40.7 Å². The lowest BCUT2D eigenvalue weighted by atomic mass is 10.1. The molecule has 0 atom stereocenters. The van der Waals surface area contributed by atoms with Gasteiger partial charge in [-0.3, -0.25) is 14.9 Å². The van der Waals surface area contributed by atoms with Crippen molar-refractivity contribution in [3.05, 3.63) is 52.1 Å². The molecule has 3 rings (SSSR count). The van der Waals surface area contributed by atoms with Crippen molar-refractivity contribution in [3.63, 3.8) is 0 Å².